The van der Waals surface area contributed by atoms with Gasteiger partial charge in [0.2, 0.25) is 0 Å². The molecule has 0 amide bonds. The number of aryl methyl sites for hydroxylation is 2. The molecule has 1 aliphatic rings. The first-order valence-corrected chi connectivity index (χ1v) is 7.25. The number of thiazole rings is 1. The zero-order valence-electron chi connectivity index (χ0n) is 10.4. The van der Waals surface area contributed by atoms with Crippen LogP contribution in [0.15, 0.2) is 0 Å². The van der Waals surface area contributed by atoms with Gasteiger partial charge in [0.15, 0.2) is 5.13 Å². The molecule has 0 aromatic carbocycles. The summed E-state index contributed by atoms with van der Waals surface area (Å²) in [5, 5.41) is 4.20. The topological polar surface area (TPSA) is 24.9 Å². The van der Waals surface area contributed by atoms with Crippen LogP contribution in [0, 0.1) is 12.8 Å². The van der Waals surface area contributed by atoms with Crippen LogP contribution < -0.4 is 5.32 Å². The SMILES string of the molecule is CNc1nc(C)c(CCC2CCCCC2)s1. The van der Waals surface area contributed by atoms with Crippen LogP contribution in [0.2, 0.25) is 0 Å². The Kier molecular flexibility index (Phi) is 4.22. The molecule has 1 heterocycles. The molecule has 2 rings (SSSR count). The summed E-state index contributed by atoms with van der Waals surface area (Å²) in [7, 11) is 1.95. The summed E-state index contributed by atoms with van der Waals surface area (Å²) in [6.07, 6.45) is 9.87. The lowest BCUT2D eigenvalue weighted by Crippen LogP contribution is -2.07. The second-order valence-electron chi connectivity index (χ2n) is 4.82. The molecular formula is C13H22N2S. The molecule has 1 saturated carbocycles. The average Bonchev–Trinajstić information content (AvgIpc) is 2.69. The van der Waals surface area contributed by atoms with Crippen molar-refractivity contribution in [1.29, 1.82) is 0 Å². The van der Waals surface area contributed by atoms with Gasteiger partial charge in [0, 0.05) is 11.9 Å². The fourth-order valence-electron chi connectivity index (χ4n) is 2.58. The van der Waals surface area contributed by atoms with E-state index in [-0.39, 0.29) is 0 Å². The van der Waals surface area contributed by atoms with E-state index in [0.717, 1.165) is 11.0 Å². The lowest BCUT2D eigenvalue weighted by atomic mass is 9.86. The largest absolute Gasteiger partial charge is 0.365 e. The van der Waals surface area contributed by atoms with E-state index in [1.165, 1.54) is 55.5 Å². The smallest absolute Gasteiger partial charge is 0.182 e. The van der Waals surface area contributed by atoms with Crippen LogP contribution in [-0.4, -0.2) is 12.0 Å². The van der Waals surface area contributed by atoms with Gasteiger partial charge in [-0.25, -0.2) is 4.98 Å². The van der Waals surface area contributed by atoms with Crippen molar-refractivity contribution in [3.63, 3.8) is 0 Å². The number of hydrogen-bond donors (Lipinski definition) is 1. The number of rotatable bonds is 4. The Morgan fingerprint density at radius 2 is 2.06 bits per heavy atom. The summed E-state index contributed by atoms with van der Waals surface area (Å²) in [5.74, 6) is 0.980. The summed E-state index contributed by atoms with van der Waals surface area (Å²) in [5.41, 5.74) is 1.23. The van der Waals surface area contributed by atoms with Crippen LogP contribution in [0.25, 0.3) is 0 Å². The minimum atomic E-state index is 0.980. The third kappa shape index (κ3) is 2.97. The Bertz CT molecular complexity index is 327. The van der Waals surface area contributed by atoms with Crippen molar-refractivity contribution in [2.75, 3.05) is 12.4 Å². The Balaban J connectivity index is 1.85. The van der Waals surface area contributed by atoms with E-state index in [9.17, 15) is 0 Å². The van der Waals surface area contributed by atoms with Crippen molar-refractivity contribution in [1.82, 2.24) is 4.98 Å². The maximum atomic E-state index is 4.50. The fourth-order valence-corrected chi connectivity index (χ4v) is 3.51. The molecular weight excluding hydrogens is 216 g/mol. The monoisotopic (exact) mass is 238 g/mol. The second kappa shape index (κ2) is 5.67. The molecule has 2 nitrogen and oxygen atoms in total. The Morgan fingerprint density at radius 3 is 2.69 bits per heavy atom. The van der Waals surface area contributed by atoms with Gasteiger partial charge < -0.3 is 5.32 Å². The molecule has 1 N–H and O–H groups in total. The van der Waals surface area contributed by atoms with Gasteiger partial charge in [0.25, 0.3) is 0 Å². The molecule has 0 atom stereocenters. The van der Waals surface area contributed by atoms with Gasteiger partial charge in [-0.3, -0.25) is 0 Å². The van der Waals surface area contributed by atoms with Crippen LogP contribution in [0.4, 0.5) is 5.13 Å². The zero-order valence-corrected chi connectivity index (χ0v) is 11.2. The van der Waals surface area contributed by atoms with Gasteiger partial charge >= 0.3 is 0 Å². The molecule has 90 valence electrons. The fraction of sp³-hybridized carbons (Fsp3) is 0.769. The van der Waals surface area contributed by atoms with Gasteiger partial charge in [0.1, 0.15) is 0 Å². The van der Waals surface area contributed by atoms with Crippen molar-refractivity contribution >= 4 is 16.5 Å². The Morgan fingerprint density at radius 1 is 1.31 bits per heavy atom. The number of nitrogens with zero attached hydrogens (tertiary/aromatic N) is 1. The predicted octanol–water partition coefficient (Wildman–Crippen LogP) is 4.01. The van der Waals surface area contributed by atoms with Gasteiger partial charge in [-0.05, 0) is 25.7 Å². The van der Waals surface area contributed by atoms with Crippen molar-refractivity contribution in [3.8, 4) is 0 Å². The highest BCUT2D eigenvalue weighted by molar-refractivity contribution is 7.15. The average molecular weight is 238 g/mol. The zero-order chi connectivity index (χ0) is 11.4. The van der Waals surface area contributed by atoms with Crippen LogP contribution in [-0.2, 0) is 6.42 Å². The van der Waals surface area contributed by atoms with E-state index < -0.39 is 0 Å². The first kappa shape index (κ1) is 11.9. The van der Waals surface area contributed by atoms with Crippen molar-refractivity contribution < 1.29 is 0 Å². The normalized spacial score (nSPS) is 17.6. The quantitative estimate of drug-likeness (QED) is 0.857. The summed E-state index contributed by atoms with van der Waals surface area (Å²) < 4.78 is 0. The van der Waals surface area contributed by atoms with Crippen molar-refractivity contribution in [3.05, 3.63) is 10.6 Å². The summed E-state index contributed by atoms with van der Waals surface area (Å²) in [6, 6.07) is 0. The minimum Gasteiger partial charge on any atom is -0.365 e. The first-order chi connectivity index (χ1) is 7.79. The highest BCUT2D eigenvalue weighted by Gasteiger charge is 2.14. The molecule has 0 radical (unpaired) electrons. The molecule has 1 aromatic rings. The predicted molar refractivity (Wildman–Crippen MR) is 71.3 cm³/mol. The van der Waals surface area contributed by atoms with E-state index in [4.69, 9.17) is 0 Å². The minimum absolute atomic E-state index is 0.980. The molecule has 3 heteroatoms. The Labute approximate surface area is 102 Å². The molecule has 0 bridgehead atoms. The van der Waals surface area contributed by atoms with Gasteiger partial charge in [-0.1, -0.05) is 32.1 Å². The maximum Gasteiger partial charge on any atom is 0.182 e. The summed E-state index contributed by atoms with van der Waals surface area (Å²) in [4.78, 5) is 5.98. The number of nitrogens with one attached hydrogen (secondary N) is 1. The Hall–Kier alpha value is -0.570. The molecule has 0 unspecified atom stereocenters. The third-order valence-corrected chi connectivity index (χ3v) is 4.85. The number of aromatic nitrogens is 1. The van der Waals surface area contributed by atoms with Gasteiger partial charge in [0.05, 0.1) is 5.69 Å². The van der Waals surface area contributed by atoms with Gasteiger partial charge in [-0.2, -0.15) is 0 Å². The molecule has 0 aliphatic heterocycles. The molecule has 0 spiro atoms. The van der Waals surface area contributed by atoms with Crippen molar-refractivity contribution in [2.45, 2.75) is 51.9 Å². The highest BCUT2D eigenvalue weighted by Crippen LogP contribution is 2.30. The van der Waals surface area contributed by atoms with E-state index >= 15 is 0 Å². The number of anilines is 1. The van der Waals surface area contributed by atoms with E-state index in [0.29, 0.717) is 0 Å². The third-order valence-electron chi connectivity index (χ3n) is 3.61. The van der Waals surface area contributed by atoms with E-state index in [1.54, 1.807) is 0 Å². The highest BCUT2D eigenvalue weighted by atomic mass is 32.1. The van der Waals surface area contributed by atoms with Crippen LogP contribution >= 0.6 is 11.3 Å². The maximum absolute atomic E-state index is 4.50. The van der Waals surface area contributed by atoms with Crippen molar-refractivity contribution in [2.24, 2.45) is 5.92 Å². The molecule has 1 aromatic heterocycles. The lowest BCUT2D eigenvalue weighted by molar-refractivity contribution is 0.340. The molecule has 1 aliphatic carbocycles. The van der Waals surface area contributed by atoms with Crippen LogP contribution in [0.5, 0.6) is 0 Å². The van der Waals surface area contributed by atoms with Gasteiger partial charge in [-0.15, -0.1) is 11.3 Å². The summed E-state index contributed by atoms with van der Waals surface area (Å²) >= 11 is 1.83. The molecule has 16 heavy (non-hydrogen) atoms. The second-order valence-corrected chi connectivity index (χ2v) is 5.90. The molecule has 0 saturated heterocycles. The van der Waals surface area contributed by atoms with Crippen LogP contribution in [0.1, 0.15) is 49.1 Å². The van der Waals surface area contributed by atoms with E-state index in [2.05, 4.69) is 17.2 Å². The van der Waals surface area contributed by atoms with Crippen LogP contribution in [0.3, 0.4) is 0 Å². The first-order valence-electron chi connectivity index (χ1n) is 6.43. The number of hydrogen-bond acceptors (Lipinski definition) is 3. The lowest BCUT2D eigenvalue weighted by Gasteiger charge is -2.20. The van der Waals surface area contributed by atoms with E-state index in [1.807, 2.05) is 18.4 Å². The molecule has 1 fully saturated rings. The summed E-state index contributed by atoms with van der Waals surface area (Å²) in [6.45, 7) is 2.13. The standard InChI is InChI=1S/C13H22N2S/c1-10-12(16-13(14-2)15-10)9-8-11-6-4-3-5-7-11/h11H,3-9H2,1-2H3,(H,14,15).